The summed E-state index contributed by atoms with van der Waals surface area (Å²) in [4.78, 5) is 38.3. The van der Waals surface area contributed by atoms with Gasteiger partial charge in [-0.2, -0.15) is 0 Å². The van der Waals surface area contributed by atoms with Crippen LogP contribution in [0.2, 0.25) is 0 Å². The van der Waals surface area contributed by atoms with Gasteiger partial charge < -0.3 is 14.2 Å². The predicted octanol–water partition coefficient (Wildman–Crippen LogP) is 23.6. The Labute approximate surface area is 496 Å². The Bertz CT molecular complexity index is 1560. The summed E-state index contributed by atoms with van der Waals surface area (Å²) in [5.74, 6) is -0.941. The number of rotatable bonds is 62. The molecule has 0 spiro atoms. The van der Waals surface area contributed by atoms with E-state index in [2.05, 4.69) is 118 Å². The lowest BCUT2D eigenvalue weighted by atomic mass is 10.0. The van der Waals surface area contributed by atoms with Crippen LogP contribution in [0, 0.1) is 0 Å². The van der Waals surface area contributed by atoms with Gasteiger partial charge in [-0.25, -0.2) is 0 Å². The van der Waals surface area contributed by atoms with E-state index in [9.17, 15) is 14.4 Å². The molecule has 460 valence electrons. The second-order valence-corrected chi connectivity index (χ2v) is 22.7. The molecule has 0 aromatic carbocycles. The van der Waals surface area contributed by atoms with Crippen molar-refractivity contribution in [1.29, 1.82) is 0 Å². The maximum atomic E-state index is 12.9. The Morgan fingerprint density at radius 2 is 0.500 bits per heavy atom. The van der Waals surface area contributed by atoms with E-state index in [4.69, 9.17) is 14.2 Å². The summed E-state index contributed by atoms with van der Waals surface area (Å²) >= 11 is 0. The molecule has 1 atom stereocenters. The van der Waals surface area contributed by atoms with Crippen LogP contribution >= 0.6 is 0 Å². The van der Waals surface area contributed by atoms with Gasteiger partial charge in [0.15, 0.2) is 6.10 Å². The largest absolute Gasteiger partial charge is 0.462 e. The van der Waals surface area contributed by atoms with Gasteiger partial charge in [0, 0.05) is 19.3 Å². The topological polar surface area (TPSA) is 78.9 Å². The Kier molecular flexibility index (Phi) is 64.7. The first-order valence-electron chi connectivity index (χ1n) is 34.2. The zero-order valence-electron chi connectivity index (χ0n) is 52.8. The van der Waals surface area contributed by atoms with Crippen molar-refractivity contribution in [2.24, 2.45) is 0 Å². The van der Waals surface area contributed by atoms with Gasteiger partial charge in [-0.05, 0) is 96.3 Å². The summed E-state index contributed by atoms with van der Waals surface area (Å²) in [6, 6.07) is 0. The van der Waals surface area contributed by atoms with Crippen molar-refractivity contribution in [1.82, 2.24) is 0 Å². The number of hydrogen-bond acceptors (Lipinski definition) is 6. The summed E-state index contributed by atoms with van der Waals surface area (Å²) in [6.07, 6.45) is 91.6. The molecule has 0 rings (SSSR count). The van der Waals surface area contributed by atoms with E-state index in [-0.39, 0.29) is 37.5 Å². The number of carbonyl (C=O) groups is 3. The van der Waals surface area contributed by atoms with E-state index in [1.165, 1.54) is 199 Å². The number of allylic oxidation sites excluding steroid dienone is 16. The minimum Gasteiger partial charge on any atom is -0.462 e. The second-order valence-electron chi connectivity index (χ2n) is 22.7. The van der Waals surface area contributed by atoms with Crippen molar-refractivity contribution in [2.45, 2.75) is 341 Å². The van der Waals surface area contributed by atoms with Gasteiger partial charge >= 0.3 is 17.9 Å². The van der Waals surface area contributed by atoms with Crippen LogP contribution in [-0.2, 0) is 28.6 Å². The molecule has 0 aliphatic heterocycles. The number of hydrogen-bond donors (Lipinski definition) is 0. The van der Waals surface area contributed by atoms with Crippen molar-refractivity contribution >= 4 is 17.9 Å². The van der Waals surface area contributed by atoms with Crippen LogP contribution in [0.3, 0.4) is 0 Å². The lowest BCUT2D eigenvalue weighted by Crippen LogP contribution is -2.30. The molecule has 0 amide bonds. The highest BCUT2D eigenvalue weighted by atomic mass is 16.6. The quantitative estimate of drug-likeness (QED) is 0.0261. The van der Waals surface area contributed by atoms with Crippen molar-refractivity contribution in [3.05, 3.63) is 97.2 Å². The Morgan fingerprint density at radius 3 is 0.800 bits per heavy atom. The third-order valence-electron chi connectivity index (χ3n) is 14.8. The van der Waals surface area contributed by atoms with Crippen LogP contribution in [0.5, 0.6) is 0 Å². The lowest BCUT2D eigenvalue weighted by Gasteiger charge is -2.18. The van der Waals surface area contributed by atoms with Crippen molar-refractivity contribution in [3.63, 3.8) is 0 Å². The first-order chi connectivity index (χ1) is 39.5. The van der Waals surface area contributed by atoms with Gasteiger partial charge in [0.2, 0.25) is 0 Å². The average Bonchev–Trinajstić information content (AvgIpc) is 3.46. The zero-order valence-corrected chi connectivity index (χ0v) is 52.8. The molecule has 0 aliphatic carbocycles. The van der Waals surface area contributed by atoms with E-state index < -0.39 is 6.10 Å². The van der Waals surface area contributed by atoms with Crippen molar-refractivity contribution in [3.8, 4) is 0 Å². The molecule has 0 saturated heterocycles. The average molecular weight is 1110 g/mol. The summed E-state index contributed by atoms with van der Waals surface area (Å²) in [5.41, 5.74) is 0. The first-order valence-corrected chi connectivity index (χ1v) is 34.2. The normalized spacial score (nSPS) is 12.7. The van der Waals surface area contributed by atoms with Crippen molar-refractivity contribution in [2.75, 3.05) is 13.2 Å². The zero-order chi connectivity index (χ0) is 57.8. The van der Waals surface area contributed by atoms with Crippen LogP contribution in [0.1, 0.15) is 335 Å². The summed E-state index contributed by atoms with van der Waals surface area (Å²) in [5, 5.41) is 0. The third kappa shape index (κ3) is 65.1. The Hall–Kier alpha value is -3.67. The highest BCUT2D eigenvalue weighted by Crippen LogP contribution is 2.17. The van der Waals surface area contributed by atoms with Gasteiger partial charge in [-0.1, -0.05) is 317 Å². The molecule has 0 fully saturated rings. The highest BCUT2D eigenvalue weighted by molar-refractivity contribution is 5.71. The summed E-state index contributed by atoms with van der Waals surface area (Å²) in [6.45, 7) is 6.50. The fraction of sp³-hybridized carbons (Fsp3) is 0.743. The maximum absolute atomic E-state index is 12.9. The van der Waals surface area contributed by atoms with E-state index in [1.807, 2.05) is 0 Å². The highest BCUT2D eigenvalue weighted by Gasteiger charge is 2.19. The van der Waals surface area contributed by atoms with Crippen LogP contribution in [-0.4, -0.2) is 37.2 Å². The molecule has 6 nitrogen and oxygen atoms in total. The molecule has 0 aliphatic rings. The fourth-order valence-corrected chi connectivity index (χ4v) is 9.72. The molecule has 0 saturated carbocycles. The Balaban J connectivity index is 4.26. The number of esters is 3. The minimum absolute atomic E-state index is 0.0964. The molecule has 0 heterocycles. The third-order valence-corrected chi connectivity index (χ3v) is 14.8. The molecule has 6 heteroatoms. The molecule has 1 unspecified atom stereocenters. The van der Waals surface area contributed by atoms with Gasteiger partial charge in [-0.3, -0.25) is 14.4 Å². The maximum Gasteiger partial charge on any atom is 0.306 e. The molecule has 0 radical (unpaired) electrons. The number of carbonyl (C=O) groups excluding carboxylic acids is 3. The standard InChI is InChI=1S/C74H128O6/c1-4-7-10-13-16-19-22-25-28-30-31-32-33-34-35-36-37-38-39-40-41-42-43-45-46-49-52-55-58-61-64-67-73(76)79-70-71(69-78-72(75)66-63-60-57-54-51-48-27-24-21-18-15-12-9-6-3)80-74(77)68-65-62-59-56-53-50-47-44-29-26-23-20-17-14-11-8-5-2/h8,11,17,20,22,25-26,29-31,33-34,47,50,56,59,71H,4-7,9-10,12-16,18-19,21,23-24,27-28,32,35-46,48-49,51-55,57-58,60-70H2,1-3H3/b11-8-,20-17-,25-22-,29-26-,31-30-,34-33-,50-47-,59-56-. The van der Waals surface area contributed by atoms with Gasteiger partial charge in [0.1, 0.15) is 13.2 Å². The van der Waals surface area contributed by atoms with E-state index in [1.54, 1.807) is 0 Å². The van der Waals surface area contributed by atoms with E-state index in [0.29, 0.717) is 19.3 Å². The molecule has 80 heavy (non-hydrogen) atoms. The van der Waals surface area contributed by atoms with E-state index >= 15 is 0 Å². The molecule has 0 N–H and O–H groups in total. The molecule has 0 aromatic rings. The van der Waals surface area contributed by atoms with Gasteiger partial charge in [0.05, 0.1) is 0 Å². The Morgan fingerprint density at radius 1 is 0.263 bits per heavy atom. The molecule has 0 aromatic heterocycles. The van der Waals surface area contributed by atoms with Crippen LogP contribution in [0.15, 0.2) is 97.2 Å². The van der Waals surface area contributed by atoms with E-state index in [0.717, 1.165) is 89.9 Å². The van der Waals surface area contributed by atoms with Crippen LogP contribution < -0.4 is 0 Å². The summed E-state index contributed by atoms with van der Waals surface area (Å²) < 4.78 is 16.9. The fourth-order valence-electron chi connectivity index (χ4n) is 9.72. The van der Waals surface area contributed by atoms with Crippen LogP contribution in [0.25, 0.3) is 0 Å². The second kappa shape index (κ2) is 67.8. The van der Waals surface area contributed by atoms with Gasteiger partial charge in [0.25, 0.3) is 0 Å². The molecule has 0 bridgehead atoms. The smallest absolute Gasteiger partial charge is 0.306 e. The monoisotopic (exact) mass is 1110 g/mol. The number of ether oxygens (including phenoxy) is 3. The van der Waals surface area contributed by atoms with Crippen molar-refractivity contribution < 1.29 is 28.6 Å². The molecular weight excluding hydrogens is 985 g/mol. The SMILES string of the molecule is CC/C=C\C/C=C\C/C=C\C/C=C\C/C=C\CCCC(=O)OC(COC(=O)CCCCCCCCCCCCCCCC)COC(=O)CCCCCCCCCCCCCCCCCC/C=C\C/C=C\C/C=C\CCCCCCC. The molecular formula is C74H128O6. The number of unbranched alkanes of at least 4 members (excludes halogenated alkanes) is 35. The lowest BCUT2D eigenvalue weighted by molar-refractivity contribution is -0.167. The predicted molar refractivity (Wildman–Crippen MR) is 348 cm³/mol. The van der Waals surface area contributed by atoms with Crippen LogP contribution in [0.4, 0.5) is 0 Å². The summed E-state index contributed by atoms with van der Waals surface area (Å²) in [7, 11) is 0. The first kappa shape index (κ1) is 76.3. The minimum atomic E-state index is -0.806. The van der Waals surface area contributed by atoms with Gasteiger partial charge in [-0.15, -0.1) is 0 Å².